The van der Waals surface area contributed by atoms with Crippen molar-refractivity contribution in [1.82, 2.24) is 0 Å². The Morgan fingerprint density at radius 2 is 0.614 bits per heavy atom. The molecule has 0 saturated carbocycles. The van der Waals surface area contributed by atoms with Crippen molar-refractivity contribution in [2.75, 3.05) is 13.2 Å². The average Bonchev–Trinajstić information content (AvgIpc) is 3.21. The quantitative estimate of drug-likeness (QED) is 0.0346. The maximum atomic E-state index is 12.7. The largest absolute Gasteiger partial charge is 0.462 e. The molecule has 0 heterocycles. The Balaban J connectivity index is 4.30. The first-order chi connectivity index (χ1) is 27.8. The molecule has 0 fully saturated rings. The number of rotatable bonds is 45. The van der Waals surface area contributed by atoms with Gasteiger partial charge in [0.05, 0.1) is 0 Å². The summed E-state index contributed by atoms with van der Waals surface area (Å²) in [6.07, 6.45) is 43.7. The van der Waals surface area contributed by atoms with Crippen LogP contribution in [0.2, 0.25) is 0 Å². The molecule has 0 spiro atoms. The summed E-state index contributed by atoms with van der Waals surface area (Å²) in [7, 11) is 0. The molecule has 6 nitrogen and oxygen atoms in total. The molecule has 2 unspecified atom stereocenters. The Labute approximate surface area is 355 Å². The molecule has 6 heteroatoms. The molecule has 0 N–H and O–H groups in total. The van der Waals surface area contributed by atoms with Gasteiger partial charge in [0.1, 0.15) is 13.2 Å². The second kappa shape index (κ2) is 44.0. The van der Waals surface area contributed by atoms with Crippen LogP contribution in [0.1, 0.15) is 279 Å². The van der Waals surface area contributed by atoms with Gasteiger partial charge in [-0.3, -0.25) is 14.4 Å². The predicted octanol–water partition coefficient (Wildman–Crippen LogP) is 16.1. The van der Waals surface area contributed by atoms with Crippen molar-refractivity contribution in [2.24, 2.45) is 11.8 Å². The van der Waals surface area contributed by atoms with E-state index in [0.717, 1.165) is 69.6 Å². The molecular weight excluding hydrogens is 709 g/mol. The molecule has 0 aromatic heterocycles. The van der Waals surface area contributed by atoms with Crippen molar-refractivity contribution in [2.45, 2.75) is 285 Å². The molecule has 3 atom stereocenters. The van der Waals surface area contributed by atoms with Crippen LogP contribution >= 0.6 is 0 Å². The molecule has 0 aliphatic carbocycles. The lowest BCUT2D eigenvalue weighted by atomic mass is 9.99. The molecule has 0 radical (unpaired) electrons. The van der Waals surface area contributed by atoms with Crippen LogP contribution in [0.5, 0.6) is 0 Å². The minimum atomic E-state index is -0.762. The van der Waals surface area contributed by atoms with E-state index in [4.69, 9.17) is 14.2 Å². The third-order valence-corrected chi connectivity index (χ3v) is 12.2. The smallest absolute Gasteiger partial charge is 0.306 e. The Hall–Kier alpha value is -1.59. The standard InChI is InChI=1S/C51H98O6/c1-6-9-10-11-12-13-14-15-16-17-18-22-25-31-36-41-49(52)55-44-48(57-51(54)43-38-33-28-27-30-35-40-47(5)8-3)45-56-50(53)42-37-32-26-23-20-19-21-24-29-34-39-46(4)7-2/h46-48H,6-45H2,1-5H3/t46?,47?,48-/m1/s1. The first kappa shape index (κ1) is 55.4. The van der Waals surface area contributed by atoms with Crippen LogP contribution in [-0.2, 0) is 28.6 Å². The second-order valence-electron chi connectivity index (χ2n) is 17.9. The van der Waals surface area contributed by atoms with Crippen molar-refractivity contribution in [3.63, 3.8) is 0 Å². The van der Waals surface area contributed by atoms with E-state index < -0.39 is 6.10 Å². The van der Waals surface area contributed by atoms with Crippen LogP contribution in [0.4, 0.5) is 0 Å². The first-order valence-electron chi connectivity index (χ1n) is 25.3. The average molecular weight is 807 g/mol. The van der Waals surface area contributed by atoms with Gasteiger partial charge in [0.25, 0.3) is 0 Å². The van der Waals surface area contributed by atoms with Crippen LogP contribution in [0, 0.1) is 11.8 Å². The van der Waals surface area contributed by atoms with Crippen molar-refractivity contribution in [3.05, 3.63) is 0 Å². The number of hydrogen-bond donors (Lipinski definition) is 0. The molecule has 338 valence electrons. The molecule has 0 rings (SSSR count). The summed E-state index contributed by atoms with van der Waals surface area (Å²) in [6.45, 7) is 11.4. The van der Waals surface area contributed by atoms with Crippen LogP contribution in [0.15, 0.2) is 0 Å². The van der Waals surface area contributed by atoms with Gasteiger partial charge >= 0.3 is 17.9 Å². The summed E-state index contributed by atoms with van der Waals surface area (Å²) in [5, 5.41) is 0. The summed E-state index contributed by atoms with van der Waals surface area (Å²) in [6, 6.07) is 0. The zero-order valence-electron chi connectivity index (χ0n) is 39.0. The molecule has 0 aliphatic heterocycles. The van der Waals surface area contributed by atoms with Gasteiger partial charge in [-0.1, -0.05) is 240 Å². The van der Waals surface area contributed by atoms with Gasteiger partial charge in [-0.05, 0) is 31.1 Å². The summed E-state index contributed by atoms with van der Waals surface area (Å²) in [4.78, 5) is 37.9. The fraction of sp³-hybridized carbons (Fsp3) is 0.941. The van der Waals surface area contributed by atoms with Gasteiger partial charge in [0.2, 0.25) is 0 Å². The molecule has 0 aromatic rings. The predicted molar refractivity (Wildman–Crippen MR) is 243 cm³/mol. The van der Waals surface area contributed by atoms with Crippen molar-refractivity contribution < 1.29 is 28.6 Å². The van der Waals surface area contributed by atoms with Crippen LogP contribution in [0.25, 0.3) is 0 Å². The molecular formula is C51H98O6. The van der Waals surface area contributed by atoms with Crippen LogP contribution in [-0.4, -0.2) is 37.2 Å². The summed E-state index contributed by atoms with van der Waals surface area (Å²) < 4.78 is 16.8. The van der Waals surface area contributed by atoms with Crippen molar-refractivity contribution in [3.8, 4) is 0 Å². The minimum absolute atomic E-state index is 0.0648. The van der Waals surface area contributed by atoms with E-state index in [2.05, 4.69) is 34.6 Å². The number of unbranched alkanes of at least 4 members (excludes halogenated alkanes) is 28. The van der Waals surface area contributed by atoms with E-state index in [9.17, 15) is 14.4 Å². The Morgan fingerprint density at radius 3 is 0.912 bits per heavy atom. The Kier molecular flexibility index (Phi) is 42.7. The molecule has 57 heavy (non-hydrogen) atoms. The highest BCUT2D eigenvalue weighted by Crippen LogP contribution is 2.18. The highest BCUT2D eigenvalue weighted by Gasteiger charge is 2.19. The highest BCUT2D eigenvalue weighted by atomic mass is 16.6. The lowest BCUT2D eigenvalue weighted by Crippen LogP contribution is -2.30. The maximum Gasteiger partial charge on any atom is 0.306 e. The summed E-state index contributed by atoms with van der Waals surface area (Å²) in [5.74, 6) is 0.826. The van der Waals surface area contributed by atoms with E-state index in [1.165, 1.54) is 167 Å². The van der Waals surface area contributed by atoms with Crippen molar-refractivity contribution in [1.29, 1.82) is 0 Å². The maximum absolute atomic E-state index is 12.7. The zero-order valence-corrected chi connectivity index (χ0v) is 39.0. The number of ether oxygens (including phenoxy) is 3. The zero-order chi connectivity index (χ0) is 41.9. The topological polar surface area (TPSA) is 78.9 Å². The highest BCUT2D eigenvalue weighted by molar-refractivity contribution is 5.71. The number of esters is 3. The monoisotopic (exact) mass is 807 g/mol. The fourth-order valence-electron chi connectivity index (χ4n) is 7.57. The third kappa shape index (κ3) is 42.3. The minimum Gasteiger partial charge on any atom is -0.462 e. The van der Waals surface area contributed by atoms with E-state index in [1.54, 1.807) is 0 Å². The van der Waals surface area contributed by atoms with E-state index >= 15 is 0 Å². The molecule has 0 amide bonds. The SMILES string of the molecule is CCCCCCCCCCCCCCCCCC(=O)OC[C@H](COC(=O)CCCCCCCCCCCCC(C)CC)OC(=O)CCCCCCCCC(C)CC. The number of hydrogen-bond acceptors (Lipinski definition) is 6. The number of carbonyl (C=O) groups is 3. The second-order valence-corrected chi connectivity index (χ2v) is 17.9. The van der Waals surface area contributed by atoms with E-state index in [0.29, 0.717) is 19.3 Å². The van der Waals surface area contributed by atoms with Gasteiger partial charge in [-0.15, -0.1) is 0 Å². The summed E-state index contributed by atoms with van der Waals surface area (Å²) >= 11 is 0. The van der Waals surface area contributed by atoms with E-state index in [1.807, 2.05) is 0 Å². The summed E-state index contributed by atoms with van der Waals surface area (Å²) in [5.41, 5.74) is 0. The molecule has 0 saturated heterocycles. The molecule has 0 aliphatic rings. The lowest BCUT2D eigenvalue weighted by Gasteiger charge is -2.18. The fourth-order valence-corrected chi connectivity index (χ4v) is 7.57. The normalized spacial score (nSPS) is 13.0. The van der Waals surface area contributed by atoms with Crippen LogP contribution in [0.3, 0.4) is 0 Å². The van der Waals surface area contributed by atoms with Gasteiger partial charge in [0, 0.05) is 19.3 Å². The van der Waals surface area contributed by atoms with Gasteiger partial charge in [-0.2, -0.15) is 0 Å². The molecule has 0 aromatic carbocycles. The third-order valence-electron chi connectivity index (χ3n) is 12.2. The Bertz CT molecular complexity index is 874. The Morgan fingerprint density at radius 1 is 0.351 bits per heavy atom. The van der Waals surface area contributed by atoms with E-state index in [-0.39, 0.29) is 31.1 Å². The van der Waals surface area contributed by atoms with Crippen molar-refractivity contribution >= 4 is 17.9 Å². The first-order valence-corrected chi connectivity index (χ1v) is 25.3. The molecule has 0 bridgehead atoms. The van der Waals surface area contributed by atoms with Gasteiger partial charge in [0.15, 0.2) is 6.10 Å². The van der Waals surface area contributed by atoms with Gasteiger partial charge in [-0.25, -0.2) is 0 Å². The lowest BCUT2D eigenvalue weighted by molar-refractivity contribution is -0.167. The van der Waals surface area contributed by atoms with Crippen LogP contribution < -0.4 is 0 Å². The van der Waals surface area contributed by atoms with Gasteiger partial charge < -0.3 is 14.2 Å². The number of carbonyl (C=O) groups excluding carboxylic acids is 3.